The summed E-state index contributed by atoms with van der Waals surface area (Å²) in [6.45, 7) is 4.86. The first-order valence-corrected chi connectivity index (χ1v) is 7.97. The van der Waals surface area contributed by atoms with E-state index in [1.54, 1.807) is 17.4 Å². The highest BCUT2D eigenvalue weighted by Gasteiger charge is 2.21. The molecule has 0 saturated heterocycles. The fourth-order valence-corrected chi connectivity index (χ4v) is 3.36. The third-order valence-electron chi connectivity index (χ3n) is 3.60. The number of hydrogen-bond acceptors (Lipinski definition) is 3. The van der Waals surface area contributed by atoms with Crippen LogP contribution in [0.4, 0.5) is 4.39 Å². The molecule has 0 bridgehead atoms. The second kappa shape index (κ2) is 5.62. The van der Waals surface area contributed by atoms with E-state index in [-0.39, 0.29) is 5.82 Å². The molecule has 0 spiro atoms. The minimum atomic E-state index is -0.178. The second-order valence-electron chi connectivity index (χ2n) is 5.38. The van der Waals surface area contributed by atoms with Gasteiger partial charge in [0.05, 0.1) is 5.69 Å². The SMILES string of the molecule is CCc1nc(-c2ccc(C)cc2F)sc1CNC1CC1. The molecule has 4 heteroatoms. The lowest BCUT2D eigenvalue weighted by atomic mass is 10.1. The molecular formula is C16H19FN2S. The molecular weight excluding hydrogens is 271 g/mol. The van der Waals surface area contributed by atoms with Gasteiger partial charge in [-0.3, -0.25) is 0 Å². The average Bonchev–Trinajstić information content (AvgIpc) is 3.16. The monoisotopic (exact) mass is 290 g/mol. The van der Waals surface area contributed by atoms with Gasteiger partial charge in [-0.25, -0.2) is 9.37 Å². The molecule has 106 valence electrons. The molecule has 3 rings (SSSR count). The smallest absolute Gasteiger partial charge is 0.133 e. The molecule has 0 atom stereocenters. The van der Waals surface area contributed by atoms with Crippen LogP contribution in [0.3, 0.4) is 0 Å². The zero-order valence-electron chi connectivity index (χ0n) is 11.9. The van der Waals surface area contributed by atoms with Gasteiger partial charge in [0.1, 0.15) is 10.8 Å². The van der Waals surface area contributed by atoms with Gasteiger partial charge in [-0.15, -0.1) is 11.3 Å². The Hall–Kier alpha value is -1.26. The molecule has 0 radical (unpaired) electrons. The number of aryl methyl sites for hydroxylation is 2. The Bertz CT molecular complexity index is 617. The maximum Gasteiger partial charge on any atom is 0.133 e. The van der Waals surface area contributed by atoms with Gasteiger partial charge in [-0.2, -0.15) is 0 Å². The molecule has 2 aromatic rings. The normalized spacial score (nSPS) is 14.8. The molecule has 0 amide bonds. The van der Waals surface area contributed by atoms with Crippen LogP contribution in [0, 0.1) is 12.7 Å². The van der Waals surface area contributed by atoms with Crippen molar-refractivity contribution >= 4 is 11.3 Å². The van der Waals surface area contributed by atoms with Crippen molar-refractivity contribution in [1.82, 2.24) is 10.3 Å². The summed E-state index contributed by atoms with van der Waals surface area (Å²) in [6, 6.07) is 6.03. The predicted molar refractivity (Wildman–Crippen MR) is 81.5 cm³/mol. The fourth-order valence-electron chi connectivity index (χ4n) is 2.23. The Morgan fingerprint density at radius 1 is 1.40 bits per heavy atom. The van der Waals surface area contributed by atoms with E-state index in [0.29, 0.717) is 11.6 Å². The quantitative estimate of drug-likeness (QED) is 0.898. The maximum absolute atomic E-state index is 14.1. The molecule has 20 heavy (non-hydrogen) atoms. The lowest BCUT2D eigenvalue weighted by Crippen LogP contribution is -2.15. The topological polar surface area (TPSA) is 24.9 Å². The number of hydrogen-bond donors (Lipinski definition) is 1. The van der Waals surface area contributed by atoms with Crippen molar-refractivity contribution in [3.8, 4) is 10.6 Å². The summed E-state index contributed by atoms with van der Waals surface area (Å²) in [5.41, 5.74) is 2.65. The van der Waals surface area contributed by atoms with Crippen LogP contribution < -0.4 is 5.32 Å². The van der Waals surface area contributed by atoms with Crippen LogP contribution in [-0.4, -0.2) is 11.0 Å². The summed E-state index contributed by atoms with van der Waals surface area (Å²) in [4.78, 5) is 5.87. The van der Waals surface area contributed by atoms with Crippen LogP contribution in [0.2, 0.25) is 0 Å². The molecule has 1 fully saturated rings. The Kier molecular flexibility index (Phi) is 3.85. The summed E-state index contributed by atoms with van der Waals surface area (Å²) in [5, 5.41) is 4.31. The van der Waals surface area contributed by atoms with E-state index in [4.69, 9.17) is 0 Å². The molecule has 1 heterocycles. The van der Waals surface area contributed by atoms with Gasteiger partial charge in [-0.1, -0.05) is 13.0 Å². The molecule has 1 aliphatic carbocycles. The van der Waals surface area contributed by atoms with E-state index < -0.39 is 0 Å². The first kappa shape index (κ1) is 13.7. The van der Waals surface area contributed by atoms with Crippen LogP contribution in [0.1, 0.15) is 35.9 Å². The highest BCUT2D eigenvalue weighted by Crippen LogP contribution is 2.31. The fraction of sp³-hybridized carbons (Fsp3) is 0.438. The Morgan fingerprint density at radius 3 is 2.85 bits per heavy atom. The summed E-state index contributed by atoms with van der Waals surface area (Å²) in [5.74, 6) is -0.178. The van der Waals surface area contributed by atoms with Crippen molar-refractivity contribution in [3.63, 3.8) is 0 Å². The largest absolute Gasteiger partial charge is 0.309 e. The lowest BCUT2D eigenvalue weighted by molar-refractivity contribution is 0.630. The summed E-state index contributed by atoms with van der Waals surface area (Å²) in [6.07, 6.45) is 3.45. The zero-order chi connectivity index (χ0) is 14.1. The van der Waals surface area contributed by atoms with Crippen LogP contribution >= 0.6 is 11.3 Å². The molecule has 0 unspecified atom stereocenters. The van der Waals surface area contributed by atoms with E-state index in [1.165, 1.54) is 17.7 Å². The van der Waals surface area contributed by atoms with Crippen molar-refractivity contribution in [2.24, 2.45) is 0 Å². The van der Waals surface area contributed by atoms with Gasteiger partial charge in [0.2, 0.25) is 0 Å². The molecule has 1 N–H and O–H groups in total. The van der Waals surface area contributed by atoms with Crippen molar-refractivity contribution in [2.45, 2.75) is 45.7 Å². The van der Waals surface area contributed by atoms with Crippen LogP contribution in [0.25, 0.3) is 10.6 Å². The second-order valence-corrected chi connectivity index (χ2v) is 6.46. The van der Waals surface area contributed by atoms with Crippen LogP contribution in [0.15, 0.2) is 18.2 Å². The Labute approximate surface area is 123 Å². The number of halogens is 1. The Morgan fingerprint density at radius 2 is 2.20 bits per heavy atom. The summed E-state index contributed by atoms with van der Waals surface area (Å²) < 4.78 is 14.1. The van der Waals surface area contributed by atoms with Gasteiger partial charge in [0.25, 0.3) is 0 Å². The predicted octanol–water partition coefficient (Wildman–Crippen LogP) is 4.07. The first-order valence-electron chi connectivity index (χ1n) is 7.16. The number of benzene rings is 1. The van der Waals surface area contributed by atoms with E-state index in [2.05, 4.69) is 17.2 Å². The number of thiazole rings is 1. The summed E-state index contributed by atoms with van der Waals surface area (Å²) in [7, 11) is 0. The molecule has 1 aromatic carbocycles. The first-order chi connectivity index (χ1) is 9.67. The molecule has 0 aliphatic heterocycles. The number of nitrogens with zero attached hydrogens (tertiary/aromatic N) is 1. The van der Waals surface area contributed by atoms with Crippen molar-refractivity contribution in [3.05, 3.63) is 40.2 Å². The molecule has 1 aromatic heterocycles. The van der Waals surface area contributed by atoms with E-state index in [1.807, 2.05) is 19.1 Å². The van der Waals surface area contributed by atoms with Gasteiger partial charge >= 0.3 is 0 Å². The minimum absolute atomic E-state index is 0.178. The highest BCUT2D eigenvalue weighted by atomic mass is 32.1. The standard InChI is InChI=1S/C16H19FN2S/c1-3-14-15(9-18-11-5-6-11)20-16(19-14)12-7-4-10(2)8-13(12)17/h4,7-8,11,18H,3,5-6,9H2,1-2H3. The Balaban J connectivity index is 1.88. The lowest BCUT2D eigenvalue weighted by Gasteiger charge is -2.01. The van der Waals surface area contributed by atoms with Crippen molar-refractivity contribution in [1.29, 1.82) is 0 Å². The third kappa shape index (κ3) is 2.91. The third-order valence-corrected chi connectivity index (χ3v) is 4.73. The molecule has 1 saturated carbocycles. The van der Waals surface area contributed by atoms with E-state index >= 15 is 0 Å². The minimum Gasteiger partial charge on any atom is -0.309 e. The van der Waals surface area contributed by atoms with Gasteiger partial charge in [0.15, 0.2) is 0 Å². The number of rotatable bonds is 5. The summed E-state index contributed by atoms with van der Waals surface area (Å²) >= 11 is 1.61. The van der Waals surface area contributed by atoms with Crippen molar-refractivity contribution in [2.75, 3.05) is 0 Å². The number of nitrogens with one attached hydrogen (secondary N) is 1. The van der Waals surface area contributed by atoms with Gasteiger partial charge in [0, 0.05) is 23.0 Å². The van der Waals surface area contributed by atoms with Crippen LogP contribution in [-0.2, 0) is 13.0 Å². The van der Waals surface area contributed by atoms with Crippen molar-refractivity contribution < 1.29 is 4.39 Å². The maximum atomic E-state index is 14.1. The van der Waals surface area contributed by atoms with Crippen LogP contribution in [0.5, 0.6) is 0 Å². The van der Waals surface area contributed by atoms with E-state index in [0.717, 1.165) is 29.2 Å². The molecule has 2 nitrogen and oxygen atoms in total. The van der Waals surface area contributed by atoms with E-state index in [9.17, 15) is 4.39 Å². The average molecular weight is 290 g/mol. The highest BCUT2D eigenvalue weighted by molar-refractivity contribution is 7.15. The van der Waals surface area contributed by atoms with Gasteiger partial charge < -0.3 is 5.32 Å². The van der Waals surface area contributed by atoms with Gasteiger partial charge in [-0.05, 0) is 43.9 Å². The zero-order valence-corrected chi connectivity index (χ0v) is 12.7. The number of aromatic nitrogens is 1. The molecule has 1 aliphatic rings.